The van der Waals surface area contributed by atoms with E-state index in [2.05, 4.69) is 55.2 Å². The van der Waals surface area contributed by atoms with Gasteiger partial charge in [-0.25, -0.2) is 4.39 Å². The number of aromatic nitrogens is 1. The van der Waals surface area contributed by atoms with Crippen molar-refractivity contribution in [1.82, 2.24) is 4.98 Å². The molecule has 4 aromatic carbocycles. The van der Waals surface area contributed by atoms with Crippen LogP contribution in [0.5, 0.6) is 0 Å². The monoisotopic (exact) mass is 455 g/mol. The lowest BCUT2D eigenvalue weighted by molar-refractivity contribution is 0.622. The van der Waals surface area contributed by atoms with Crippen LogP contribution >= 0.6 is 0 Å². The van der Waals surface area contributed by atoms with Crippen molar-refractivity contribution in [2.75, 3.05) is 0 Å². The molecule has 0 atom stereocenters. The Morgan fingerprint density at radius 3 is 2.31 bits per heavy atom. The Bertz CT molecular complexity index is 1780. The molecular weight excluding hydrogens is 433 g/mol. The largest absolute Gasteiger partial charge is 0.455 e. The second kappa shape index (κ2) is 7.13. The minimum atomic E-state index is -0.288. The fourth-order valence-corrected chi connectivity index (χ4v) is 5.69. The SMILES string of the molecule is CC1(C)c2ccccc2-c2ccc(-c3c(F)ccc4c3oc3c(-c5ccccn5)cccc34)cc21. The molecule has 168 valence electrons. The van der Waals surface area contributed by atoms with Crippen molar-refractivity contribution >= 4 is 21.9 Å². The smallest absolute Gasteiger partial charge is 0.146 e. The van der Waals surface area contributed by atoms with Crippen LogP contribution in [0.25, 0.3) is 55.4 Å². The number of hydrogen-bond acceptors (Lipinski definition) is 2. The lowest BCUT2D eigenvalue weighted by Crippen LogP contribution is -2.14. The maximum Gasteiger partial charge on any atom is 0.146 e. The van der Waals surface area contributed by atoms with Crippen LogP contribution in [0.15, 0.2) is 102 Å². The quantitative estimate of drug-likeness (QED) is 0.261. The van der Waals surface area contributed by atoms with Gasteiger partial charge in [-0.3, -0.25) is 4.98 Å². The highest BCUT2D eigenvalue weighted by Gasteiger charge is 2.35. The average molecular weight is 456 g/mol. The van der Waals surface area contributed by atoms with Gasteiger partial charge < -0.3 is 4.42 Å². The van der Waals surface area contributed by atoms with E-state index in [1.807, 2.05) is 48.5 Å². The van der Waals surface area contributed by atoms with E-state index in [0.717, 1.165) is 33.2 Å². The van der Waals surface area contributed by atoms with Crippen LogP contribution in [-0.2, 0) is 5.41 Å². The topological polar surface area (TPSA) is 26.0 Å². The van der Waals surface area contributed by atoms with Crippen molar-refractivity contribution in [3.8, 4) is 33.5 Å². The van der Waals surface area contributed by atoms with Crippen LogP contribution in [-0.4, -0.2) is 4.98 Å². The average Bonchev–Trinajstić information content (AvgIpc) is 3.37. The van der Waals surface area contributed by atoms with Gasteiger partial charge in [-0.1, -0.05) is 68.4 Å². The molecule has 0 saturated carbocycles. The number of fused-ring (bicyclic) bond motifs is 6. The standard InChI is InChI=1S/C32H22FNO/c1-32(2)25-11-4-3-8-20(25)21-14-13-19(18-26(21)32)29-27(33)16-15-23-22-9-7-10-24(30(22)35-31(23)29)28-12-5-6-17-34-28/h3-18H,1-2H3. The molecule has 0 bridgehead atoms. The highest BCUT2D eigenvalue weighted by molar-refractivity contribution is 6.13. The maximum atomic E-state index is 15.5. The minimum absolute atomic E-state index is 0.160. The first-order valence-corrected chi connectivity index (χ1v) is 11.8. The van der Waals surface area contributed by atoms with Crippen LogP contribution < -0.4 is 0 Å². The summed E-state index contributed by atoms with van der Waals surface area (Å²) in [5.74, 6) is -0.288. The van der Waals surface area contributed by atoms with E-state index in [9.17, 15) is 0 Å². The van der Waals surface area contributed by atoms with E-state index in [-0.39, 0.29) is 11.2 Å². The zero-order valence-electron chi connectivity index (χ0n) is 19.5. The van der Waals surface area contributed by atoms with Crippen LogP contribution in [0, 0.1) is 5.82 Å². The second-order valence-corrected chi connectivity index (χ2v) is 9.73. The second-order valence-electron chi connectivity index (χ2n) is 9.73. The third-order valence-corrected chi connectivity index (χ3v) is 7.43. The summed E-state index contributed by atoms with van der Waals surface area (Å²) in [4.78, 5) is 4.51. The summed E-state index contributed by atoms with van der Waals surface area (Å²) >= 11 is 0. The van der Waals surface area contributed by atoms with E-state index < -0.39 is 0 Å². The molecule has 1 aliphatic rings. The number of benzene rings is 4. The first kappa shape index (κ1) is 20.2. The highest BCUT2D eigenvalue weighted by Crippen LogP contribution is 2.50. The van der Waals surface area contributed by atoms with Gasteiger partial charge in [-0.15, -0.1) is 0 Å². The third-order valence-electron chi connectivity index (χ3n) is 7.43. The maximum absolute atomic E-state index is 15.5. The van der Waals surface area contributed by atoms with Crippen LogP contribution in [0.4, 0.5) is 4.39 Å². The van der Waals surface area contributed by atoms with Gasteiger partial charge in [0.15, 0.2) is 0 Å². The summed E-state index contributed by atoms with van der Waals surface area (Å²) in [5.41, 5.74) is 9.15. The van der Waals surface area contributed by atoms with Gasteiger partial charge >= 0.3 is 0 Å². The predicted molar refractivity (Wildman–Crippen MR) is 140 cm³/mol. The zero-order valence-corrected chi connectivity index (χ0v) is 19.5. The molecule has 7 rings (SSSR count). The molecule has 2 aromatic heterocycles. The van der Waals surface area contributed by atoms with Gasteiger partial charge in [-0.2, -0.15) is 0 Å². The van der Waals surface area contributed by atoms with E-state index >= 15 is 4.39 Å². The van der Waals surface area contributed by atoms with Crippen LogP contribution in [0.3, 0.4) is 0 Å². The first-order chi connectivity index (χ1) is 17.0. The Kier molecular flexibility index (Phi) is 4.11. The Morgan fingerprint density at radius 1 is 0.686 bits per heavy atom. The molecule has 2 nitrogen and oxygen atoms in total. The van der Waals surface area contributed by atoms with Crippen molar-refractivity contribution < 1.29 is 8.81 Å². The van der Waals surface area contributed by atoms with Crippen LogP contribution in [0.2, 0.25) is 0 Å². The lowest BCUT2D eigenvalue weighted by Gasteiger charge is -2.22. The normalized spacial score (nSPS) is 13.8. The Labute approximate surface area is 202 Å². The summed E-state index contributed by atoms with van der Waals surface area (Å²) in [5, 5.41) is 1.86. The number of nitrogens with zero attached hydrogens (tertiary/aromatic N) is 1. The van der Waals surface area contributed by atoms with Gasteiger partial charge in [-0.05, 0) is 64.2 Å². The van der Waals surface area contributed by atoms with Crippen molar-refractivity contribution in [1.29, 1.82) is 0 Å². The number of para-hydroxylation sites is 1. The lowest BCUT2D eigenvalue weighted by atomic mass is 9.81. The number of pyridine rings is 1. The summed E-state index contributed by atoms with van der Waals surface area (Å²) in [7, 11) is 0. The number of furan rings is 1. The molecule has 0 amide bonds. The van der Waals surface area contributed by atoms with Gasteiger partial charge in [0.2, 0.25) is 0 Å². The van der Waals surface area contributed by atoms with Crippen LogP contribution in [0.1, 0.15) is 25.0 Å². The molecule has 35 heavy (non-hydrogen) atoms. The van der Waals surface area contributed by atoms with Gasteiger partial charge in [0.05, 0.1) is 11.3 Å². The molecule has 2 heterocycles. The van der Waals surface area contributed by atoms with Crippen molar-refractivity contribution in [3.63, 3.8) is 0 Å². The fourth-order valence-electron chi connectivity index (χ4n) is 5.69. The first-order valence-electron chi connectivity index (χ1n) is 11.8. The molecule has 0 spiro atoms. The van der Waals surface area contributed by atoms with Crippen molar-refractivity contribution in [3.05, 3.63) is 114 Å². The molecule has 0 aliphatic heterocycles. The van der Waals surface area contributed by atoms with Gasteiger partial charge in [0.1, 0.15) is 17.0 Å². The molecule has 1 aliphatic carbocycles. The van der Waals surface area contributed by atoms with E-state index in [4.69, 9.17) is 4.42 Å². The summed E-state index contributed by atoms with van der Waals surface area (Å²) in [6.07, 6.45) is 1.77. The third kappa shape index (κ3) is 2.78. The van der Waals surface area contributed by atoms with Gasteiger partial charge in [0.25, 0.3) is 0 Å². The zero-order chi connectivity index (χ0) is 23.7. The Balaban J connectivity index is 1.49. The van der Waals surface area contributed by atoms with E-state index in [1.165, 1.54) is 22.3 Å². The number of rotatable bonds is 2. The Morgan fingerprint density at radius 2 is 1.46 bits per heavy atom. The molecule has 6 aromatic rings. The molecule has 0 saturated heterocycles. The highest BCUT2D eigenvalue weighted by atomic mass is 19.1. The van der Waals surface area contributed by atoms with E-state index in [0.29, 0.717) is 11.1 Å². The van der Waals surface area contributed by atoms with Gasteiger partial charge in [0, 0.05) is 27.9 Å². The summed E-state index contributed by atoms with van der Waals surface area (Å²) in [6.45, 7) is 4.47. The predicted octanol–water partition coefficient (Wildman–Crippen LogP) is 8.76. The molecular formula is C32H22FNO. The Hall–Kier alpha value is -4.24. The number of hydrogen-bond donors (Lipinski definition) is 0. The molecule has 0 fully saturated rings. The summed E-state index contributed by atoms with van der Waals surface area (Å²) in [6, 6.07) is 30.0. The fraction of sp³-hybridized carbons (Fsp3) is 0.0938. The van der Waals surface area contributed by atoms with Crippen molar-refractivity contribution in [2.24, 2.45) is 0 Å². The molecule has 3 heteroatoms. The summed E-state index contributed by atoms with van der Waals surface area (Å²) < 4.78 is 21.9. The molecule has 0 unspecified atom stereocenters. The van der Waals surface area contributed by atoms with Crippen molar-refractivity contribution in [2.45, 2.75) is 19.3 Å². The molecule has 0 N–H and O–H groups in total. The number of halogens is 1. The van der Waals surface area contributed by atoms with E-state index in [1.54, 1.807) is 12.3 Å². The molecule has 0 radical (unpaired) electrons. The minimum Gasteiger partial charge on any atom is -0.455 e.